The van der Waals surface area contributed by atoms with Crippen LogP contribution in [-0.2, 0) is 6.42 Å². The average molecular weight is 380 g/mol. The van der Waals surface area contributed by atoms with Crippen LogP contribution in [0.3, 0.4) is 0 Å². The molecule has 4 nitrogen and oxygen atoms in total. The number of thioether (sulfide) groups is 1. The lowest BCUT2D eigenvalue weighted by Crippen LogP contribution is -2.33. The Kier molecular flexibility index (Phi) is 5.04. The monoisotopic (exact) mass is 379 g/mol. The van der Waals surface area contributed by atoms with Gasteiger partial charge in [0.25, 0.3) is 5.91 Å². The Hall–Kier alpha value is -1.27. The predicted octanol–water partition coefficient (Wildman–Crippen LogP) is 4.69. The number of aliphatic hydroxyl groups excluding tert-OH is 1. The summed E-state index contributed by atoms with van der Waals surface area (Å²) in [6, 6.07) is 0. The van der Waals surface area contributed by atoms with Crippen LogP contribution in [0.4, 0.5) is 0 Å². The summed E-state index contributed by atoms with van der Waals surface area (Å²) in [5.41, 5.74) is 1.49. The van der Waals surface area contributed by atoms with Gasteiger partial charge in [0.1, 0.15) is 0 Å². The first-order chi connectivity index (χ1) is 11.8. The van der Waals surface area contributed by atoms with Gasteiger partial charge in [0, 0.05) is 29.3 Å². The number of amides is 1. The number of aliphatic hydroxyl groups is 1. The van der Waals surface area contributed by atoms with Crippen LogP contribution in [0.25, 0.3) is 0 Å². The summed E-state index contributed by atoms with van der Waals surface area (Å²) in [4.78, 5) is 28.7. The molecule has 2 heterocycles. The average Bonchev–Trinajstić information content (AvgIpc) is 3.14. The second kappa shape index (κ2) is 6.80. The molecular formula is C19H25NO3S2. The molecule has 0 atom stereocenters. The number of likely N-dealkylation sites (tertiary alicyclic amines) is 1. The van der Waals surface area contributed by atoms with Gasteiger partial charge in [0.2, 0.25) is 0 Å². The SMILES string of the molecule is CC(C)Sc1sc(C(=O)N2CCCC2)c2c1C(=O)C(=CO)C(C)(C)C2. The van der Waals surface area contributed by atoms with E-state index in [9.17, 15) is 14.7 Å². The molecule has 0 spiro atoms. The molecule has 3 rings (SSSR count). The second-order valence-corrected chi connectivity index (χ2v) is 10.5. The summed E-state index contributed by atoms with van der Waals surface area (Å²) >= 11 is 3.09. The van der Waals surface area contributed by atoms with Gasteiger partial charge in [-0.15, -0.1) is 23.1 Å². The number of thiophene rings is 1. The lowest BCUT2D eigenvalue weighted by molar-refractivity contribution is 0.0796. The van der Waals surface area contributed by atoms with E-state index in [1.54, 1.807) is 11.8 Å². The summed E-state index contributed by atoms with van der Waals surface area (Å²) in [5.74, 6) is -0.0667. The topological polar surface area (TPSA) is 57.6 Å². The molecular weight excluding hydrogens is 354 g/mol. The fourth-order valence-corrected chi connectivity index (χ4v) is 6.39. The number of ketones is 1. The van der Waals surface area contributed by atoms with Crippen LogP contribution in [0.5, 0.6) is 0 Å². The number of rotatable bonds is 3. The summed E-state index contributed by atoms with van der Waals surface area (Å²) in [5, 5.41) is 9.94. The number of nitrogens with zero attached hydrogens (tertiary/aromatic N) is 1. The number of carbonyl (C=O) groups is 2. The third kappa shape index (κ3) is 3.26. The minimum atomic E-state index is -0.473. The van der Waals surface area contributed by atoms with Gasteiger partial charge in [-0.3, -0.25) is 9.59 Å². The molecule has 1 aliphatic carbocycles. The van der Waals surface area contributed by atoms with Gasteiger partial charge in [-0.1, -0.05) is 27.7 Å². The summed E-state index contributed by atoms with van der Waals surface area (Å²) in [6.45, 7) is 9.67. The minimum absolute atomic E-state index is 0.0642. The Bertz CT molecular complexity index is 740. The zero-order valence-electron chi connectivity index (χ0n) is 15.2. The van der Waals surface area contributed by atoms with Gasteiger partial charge in [-0.2, -0.15) is 0 Å². The van der Waals surface area contributed by atoms with Gasteiger partial charge in [0.15, 0.2) is 5.78 Å². The van der Waals surface area contributed by atoms with E-state index in [-0.39, 0.29) is 11.7 Å². The predicted molar refractivity (Wildman–Crippen MR) is 103 cm³/mol. The van der Waals surface area contributed by atoms with Crippen LogP contribution in [0.2, 0.25) is 0 Å². The molecule has 1 fully saturated rings. The number of hydrogen-bond acceptors (Lipinski definition) is 5. The number of hydrogen-bond donors (Lipinski definition) is 1. The lowest BCUT2D eigenvalue weighted by atomic mass is 9.71. The third-order valence-electron chi connectivity index (χ3n) is 4.85. The van der Waals surface area contributed by atoms with Gasteiger partial charge in [0.05, 0.1) is 20.9 Å². The van der Waals surface area contributed by atoms with Crippen molar-refractivity contribution >= 4 is 34.8 Å². The molecule has 1 aromatic rings. The number of allylic oxidation sites excluding steroid dienone is 1. The highest BCUT2D eigenvalue weighted by Gasteiger charge is 2.42. The standard InChI is InChI=1S/C19H25NO3S2/c1-11(2)24-18-14-12(9-19(3,4)13(10-21)15(14)22)16(25-18)17(23)20-7-5-6-8-20/h10-11,21H,5-9H2,1-4H3. The van der Waals surface area contributed by atoms with Crippen molar-refractivity contribution in [2.24, 2.45) is 5.41 Å². The highest BCUT2D eigenvalue weighted by atomic mass is 32.2. The van der Waals surface area contributed by atoms with Crippen molar-refractivity contribution in [2.45, 2.75) is 56.4 Å². The Balaban J connectivity index is 2.13. The van der Waals surface area contributed by atoms with Crippen LogP contribution < -0.4 is 0 Å². The second-order valence-electron chi connectivity index (χ2n) is 7.67. The maximum atomic E-state index is 13.1. The van der Waals surface area contributed by atoms with Crippen LogP contribution in [0.15, 0.2) is 16.0 Å². The Morgan fingerprint density at radius 3 is 2.52 bits per heavy atom. The molecule has 1 amide bonds. The Morgan fingerprint density at radius 2 is 1.96 bits per heavy atom. The third-order valence-corrected chi connectivity index (χ3v) is 7.30. The van der Waals surface area contributed by atoms with Crippen LogP contribution in [0.1, 0.15) is 66.1 Å². The molecule has 1 aliphatic heterocycles. The molecule has 25 heavy (non-hydrogen) atoms. The minimum Gasteiger partial charge on any atom is -0.515 e. The van der Waals surface area contributed by atoms with Gasteiger partial charge < -0.3 is 10.0 Å². The van der Waals surface area contributed by atoms with E-state index in [2.05, 4.69) is 13.8 Å². The number of Topliss-reactive ketones (excluding diaryl/α,β-unsaturated/α-hetero) is 1. The Morgan fingerprint density at radius 1 is 1.32 bits per heavy atom. The molecule has 1 N–H and O–H groups in total. The van der Waals surface area contributed by atoms with Crippen LogP contribution in [0, 0.1) is 5.41 Å². The maximum absolute atomic E-state index is 13.1. The van der Waals surface area contributed by atoms with E-state index < -0.39 is 5.41 Å². The van der Waals surface area contributed by atoms with Crippen LogP contribution >= 0.6 is 23.1 Å². The van der Waals surface area contributed by atoms with Crippen molar-refractivity contribution in [1.29, 1.82) is 0 Å². The van der Waals surface area contributed by atoms with E-state index >= 15 is 0 Å². The smallest absolute Gasteiger partial charge is 0.264 e. The molecule has 0 bridgehead atoms. The largest absolute Gasteiger partial charge is 0.515 e. The first-order valence-corrected chi connectivity index (χ1v) is 10.5. The zero-order chi connectivity index (χ0) is 18.4. The van der Waals surface area contributed by atoms with E-state index in [1.165, 1.54) is 11.3 Å². The first-order valence-electron chi connectivity index (χ1n) is 8.77. The van der Waals surface area contributed by atoms with Crippen molar-refractivity contribution in [1.82, 2.24) is 4.90 Å². The van der Waals surface area contributed by atoms with Crippen molar-refractivity contribution < 1.29 is 14.7 Å². The van der Waals surface area contributed by atoms with E-state index in [0.29, 0.717) is 22.8 Å². The molecule has 0 unspecified atom stereocenters. The van der Waals surface area contributed by atoms with Gasteiger partial charge in [-0.25, -0.2) is 0 Å². The van der Waals surface area contributed by atoms with E-state index in [4.69, 9.17) is 0 Å². The van der Waals surface area contributed by atoms with Crippen molar-refractivity contribution in [3.63, 3.8) is 0 Å². The van der Waals surface area contributed by atoms with E-state index in [0.717, 1.165) is 46.8 Å². The van der Waals surface area contributed by atoms with Crippen molar-refractivity contribution in [2.75, 3.05) is 13.1 Å². The fourth-order valence-electron chi connectivity index (χ4n) is 3.59. The van der Waals surface area contributed by atoms with Gasteiger partial charge >= 0.3 is 0 Å². The highest BCUT2D eigenvalue weighted by Crippen LogP contribution is 2.48. The van der Waals surface area contributed by atoms with Crippen LogP contribution in [-0.4, -0.2) is 40.0 Å². The quantitative estimate of drug-likeness (QED) is 0.470. The first kappa shape index (κ1) is 18.5. The van der Waals surface area contributed by atoms with E-state index in [1.807, 2.05) is 18.7 Å². The zero-order valence-corrected chi connectivity index (χ0v) is 16.9. The molecule has 1 saturated heterocycles. The van der Waals surface area contributed by atoms with Gasteiger partial charge in [-0.05, 0) is 24.8 Å². The molecule has 1 aromatic heterocycles. The molecule has 6 heteroatoms. The molecule has 136 valence electrons. The fraction of sp³-hybridized carbons (Fsp3) is 0.579. The molecule has 0 saturated carbocycles. The summed E-state index contributed by atoms with van der Waals surface area (Å²) in [6.07, 6.45) is 3.66. The molecule has 2 aliphatic rings. The maximum Gasteiger partial charge on any atom is 0.264 e. The lowest BCUT2D eigenvalue weighted by Gasteiger charge is -2.32. The number of carbonyl (C=O) groups excluding carboxylic acids is 2. The number of fused-ring (bicyclic) bond motifs is 1. The van der Waals surface area contributed by atoms with Crippen molar-refractivity contribution in [3.05, 3.63) is 27.8 Å². The van der Waals surface area contributed by atoms with Crippen molar-refractivity contribution in [3.8, 4) is 0 Å². The highest BCUT2D eigenvalue weighted by molar-refractivity contribution is 8.01. The molecule has 0 radical (unpaired) electrons. The normalized spacial score (nSPS) is 21.2. The summed E-state index contributed by atoms with van der Waals surface area (Å²) < 4.78 is 0.910. The Labute approximate surface area is 157 Å². The molecule has 0 aromatic carbocycles. The summed E-state index contributed by atoms with van der Waals surface area (Å²) in [7, 11) is 0.